The predicted molar refractivity (Wildman–Crippen MR) is 74.0 cm³/mol. The lowest BCUT2D eigenvalue weighted by molar-refractivity contribution is 0.0830. The molecule has 0 aromatic heterocycles. The fourth-order valence-electron chi connectivity index (χ4n) is 4.13. The summed E-state index contributed by atoms with van der Waals surface area (Å²) < 4.78 is 0. The first-order valence-corrected chi connectivity index (χ1v) is 7.77. The van der Waals surface area contributed by atoms with E-state index in [4.69, 9.17) is 5.73 Å². The van der Waals surface area contributed by atoms with Gasteiger partial charge in [-0.1, -0.05) is 26.7 Å². The Morgan fingerprint density at radius 2 is 1.71 bits per heavy atom. The van der Waals surface area contributed by atoms with Crippen LogP contribution in [0.5, 0.6) is 0 Å². The fraction of sp³-hybridized carbons (Fsp3) is 1.00. The van der Waals surface area contributed by atoms with Crippen molar-refractivity contribution < 1.29 is 0 Å². The summed E-state index contributed by atoms with van der Waals surface area (Å²) in [5.74, 6) is 0.963. The molecule has 100 valence electrons. The lowest BCUT2D eigenvalue weighted by Gasteiger charge is -2.41. The number of nitrogens with two attached hydrogens (primary N) is 1. The molecular weight excluding hydrogens is 208 g/mol. The van der Waals surface area contributed by atoms with Gasteiger partial charge in [0.25, 0.3) is 0 Å². The molecule has 0 spiro atoms. The van der Waals surface area contributed by atoms with Crippen LogP contribution >= 0.6 is 0 Å². The fourth-order valence-corrected chi connectivity index (χ4v) is 4.13. The Bertz CT molecular complexity index is 221. The maximum absolute atomic E-state index is 6.03. The minimum Gasteiger partial charge on any atom is -0.328 e. The Labute approximate surface area is 107 Å². The van der Waals surface area contributed by atoms with Gasteiger partial charge in [-0.3, -0.25) is 4.90 Å². The van der Waals surface area contributed by atoms with Crippen LogP contribution in [0.3, 0.4) is 0 Å². The van der Waals surface area contributed by atoms with Crippen LogP contribution in [0, 0.1) is 5.92 Å². The van der Waals surface area contributed by atoms with Gasteiger partial charge in [0.1, 0.15) is 0 Å². The highest BCUT2D eigenvalue weighted by atomic mass is 15.2. The van der Waals surface area contributed by atoms with E-state index in [-0.39, 0.29) is 0 Å². The molecule has 2 unspecified atom stereocenters. The summed E-state index contributed by atoms with van der Waals surface area (Å²) in [4.78, 5) is 2.83. The van der Waals surface area contributed by atoms with E-state index >= 15 is 0 Å². The van der Waals surface area contributed by atoms with Crippen molar-refractivity contribution in [2.24, 2.45) is 11.7 Å². The molecule has 2 N–H and O–H groups in total. The van der Waals surface area contributed by atoms with Crippen LogP contribution in [0.4, 0.5) is 0 Å². The average molecular weight is 238 g/mol. The average Bonchev–Trinajstić information content (AvgIpc) is 2.81. The van der Waals surface area contributed by atoms with Gasteiger partial charge in [0.2, 0.25) is 0 Å². The summed E-state index contributed by atoms with van der Waals surface area (Å²) in [7, 11) is 0. The van der Waals surface area contributed by atoms with Crippen molar-refractivity contribution in [1.29, 1.82) is 0 Å². The van der Waals surface area contributed by atoms with E-state index < -0.39 is 0 Å². The molecule has 2 rings (SSSR count). The molecule has 2 nitrogen and oxygen atoms in total. The van der Waals surface area contributed by atoms with Crippen LogP contribution in [-0.4, -0.2) is 29.6 Å². The van der Waals surface area contributed by atoms with E-state index in [0.717, 1.165) is 18.0 Å². The number of hydrogen-bond acceptors (Lipinski definition) is 2. The van der Waals surface area contributed by atoms with Crippen molar-refractivity contribution in [3.8, 4) is 0 Å². The second kappa shape index (κ2) is 6.19. The Morgan fingerprint density at radius 3 is 2.29 bits per heavy atom. The van der Waals surface area contributed by atoms with Gasteiger partial charge in [0.15, 0.2) is 0 Å². The minimum atomic E-state index is 0.482. The van der Waals surface area contributed by atoms with Crippen LogP contribution in [0.15, 0.2) is 0 Å². The van der Waals surface area contributed by atoms with Crippen molar-refractivity contribution in [1.82, 2.24) is 4.90 Å². The molecule has 0 amide bonds. The first-order valence-electron chi connectivity index (χ1n) is 7.77. The van der Waals surface area contributed by atoms with E-state index in [0.29, 0.717) is 6.04 Å². The molecule has 0 radical (unpaired) electrons. The SMILES string of the molecule is CCC1CCCC1N(CC)C1CCC(N)CC1. The van der Waals surface area contributed by atoms with Gasteiger partial charge < -0.3 is 5.73 Å². The van der Waals surface area contributed by atoms with E-state index in [2.05, 4.69) is 18.7 Å². The first-order chi connectivity index (χ1) is 8.26. The largest absolute Gasteiger partial charge is 0.328 e. The molecular formula is C15H30N2. The second-order valence-electron chi connectivity index (χ2n) is 6.07. The Morgan fingerprint density at radius 1 is 1.00 bits per heavy atom. The lowest BCUT2D eigenvalue weighted by atomic mass is 9.88. The standard InChI is InChI=1S/C15H30N2/c1-3-12-6-5-7-15(12)17(4-2)14-10-8-13(16)9-11-14/h12-15H,3-11,16H2,1-2H3. The maximum Gasteiger partial charge on any atom is 0.0126 e. The summed E-state index contributed by atoms with van der Waals surface area (Å²) in [6, 6.07) is 2.19. The molecule has 2 fully saturated rings. The first kappa shape index (κ1) is 13.4. The molecule has 2 aliphatic carbocycles. The zero-order chi connectivity index (χ0) is 12.3. The summed E-state index contributed by atoms with van der Waals surface area (Å²) in [6.45, 7) is 5.95. The van der Waals surface area contributed by atoms with Gasteiger partial charge in [-0.25, -0.2) is 0 Å². The molecule has 0 aliphatic heterocycles. The summed E-state index contributed by atoms with van der Waals surface area (Å²) in [5, 5.41) is 0. The Hall–Kier alpha value is -0.0800. The van der Waals surface area contributed by atoms with Gasteiger partial charge in [-0.05, 0) is 51.0 Å². The molecule has 0 saturated heterocycles. The molecule has 0 aromatic carbocycles. The Kier molecular flexibility index (Phi) is 4.87. The van der Waals surface area contributed by atoms with E-state index in [1.54, 1.807) is 0 Å². The van der Waals surface area contributed by atoms with Crippen LogP contribution in [0.2, 0.25) is 0 Å². The van der Waals surface area contributed by atoms with Crippen molar-refractivity contribution >= 4 is 0 Å². The number of nitrogens with zero attached hydrogens (tertiary/aromatic N) is 1. The number of rotatable bonds is 4. The highest BCUT2D eigenvalue weighted by Gasteiger charge is 2.34. The van der Waals surface area contributed by atoms with Gasteiger partial charge in [0, 0.05) is 18.1 Å². The zero-order valence-corrected chi connectivity index (χ0v) is 11.7. The maximum atomic E-state index is 6.03. The van der Waals surface area contributed by atoms with E-state index in [1.807, 2.05) is 0 Å². The van der Waals surface area contributed by atoms with Crippen molar-refractivity contribution in [2.45, 2.75) is 83.3 Å². The van der Waals surface area contributed by atoms with Crippen LogP contribution < -0.4 is 5.73 Å². The lowest BCUT2D eigenvalue weighted by Crippen LogP contribution is -2.47. The molecule has 2 saturated carbocycles. The predicted octanol–water partition coefficient (Wildman–Crippen LogP) is 3.16. The van der Waals surface area contributed by atoms with Gasteiger partial charge >= 0.3 is 0 Å². The van der Waals surface area contributed by atoms with Gasteiger partial charge in [-0.2, -0.15) is 0 Å². The second-order valence-corrected chi connectivity index (χ2v) is 6.07. The molecule has 0 aromatic rings. The molecule has 17 heavy (non-hydrogen) atoms. The smallest absolute Gasteiger partial charge is 0.0126 e. The van der Waals surface area contributed by atoms with Crippen molar-refractivity contribution in [2.75, 3.05) is 6.54 Å². The molecule has 2 heteroatoms. The summed E-state index contributed by atoms with van der Waals surface area (Å²) in [5.41, 5.74) is 6.03. The third-order valence-electron chi connectivity index (χ3n) is 5.14. The van der Waals surface area contributed by atoms with Crippen molar-refractivity contribution in [3.63, 3.8) is 0 Å². The molecule has 0 bridgehead atoms. The minimum absolute atomic E-state index is 0.482. The summed E-state index contributed by atoms with van der Waals surface area (Å²) in [6.07, 6.45) is 10.9. The van der Waals surface area contributed by atoms with Crippen LogP contribution in [0.25, 0.3) is 0 Å². The van der Waals surface area contributed by atoms with E-state index in [9.17, 15) is 0 Å². The third kappa shape index (κ3) is 3.03. The molecule has 0 heterocycles. The summed E-state index contributed by atoms with van der Waals surface area (Å²) >= 11 is 0. The quantitative estimate of drug-likeness (QED) is 0.815. The van der Waals surface area contributed by atoms with Crippen LogP contribution in [0.1, 0.15) is 65.2 Å². The molecule has 2 aliphatic rings. The number of hydrogen-bond donors (Lipinski definition) is 1. The molecule has 2 atom stereocenters. The zero-order valence-electron chi connectivity index (χ0n) is 11.7. The topological polar surface area (TPSA) is 29.3 Å². The Balaban J connectivity index is 1.95. The highest BCUT2D eigenvalue weighted by molar-refractivity contribution is 4.90. The monoisotopic (exact) mass is 238 g/mol. The van der Waals surface area contributed by atoms with Crippen LogP contribution in [-0.2, 0) is 0 Å². The van der Waals surface area contributed by atoms with Gasteiger partial charge in [0.05, 0.1) is 0 Å². The normalized spacial score (nSPS) is 38.8. The van der Waals surface area contributed by atoms with E-state index in [1.165, 1.54) is 57.9 Å². The van der Waals surface area contributed by atoms with Crippen molar-refractivity contribution in [3.05, 3.63) is 0 Å². The highest BCUT2D eigenvalue weighted by Crippen LogP contribution is 2.35. The third-order valence-corrected chi connectivity index (χ3v) is 5.14. The van der Waals surface area contributed by atoms with Gasteiger partial charge in [-0.15, -0.1) is 0 Å².